The van der Waals surface area contributed by atoms with Crippen LogP contribution < -0.4 is 14.8 Å². The van der Waals surface area contributed by atoms with Crippen LogP contribution in [0.3, 0.4) is 0 Å². The fourth-order valence-corrected chi connectivity index (χ4v) is 3.61. The highest BCUT2D eigenvalue weighted by Gasteiger charge is 2.28. The Bertz CT molecular complexity index is 853. The van der Waals surface area contributed by atoms with Crippen molar-refractivity contribution in [1.82, 2.24) is 9.71 Å². The second-order valence-corrected chi connectivity index (χ2v) is 8.03. The summed E-state index contributed by atoms with van der Waals surface area (Å²) in [6.45, 7) is 3.50. The van der Waals surface area contributed by atoms with Crippen molar-refractivity contribution < 1.29 is 17.9 Å². The average molecular weight is 398 g/mol. The zero-order valence-corrected chi connectivity index (χ0v) is 16.1. The first-order valence-corrected chi connectivity index (χ1v) is 9.68. The molecule has 0 radical (unpaired) electrons. The van der Waals surface area contributed by atoms with Gasteiger partial charge in [0.15, 0.2) is 0 Å². The molecule has 9 heteroatoms. The number of anilines is 1. The molecule has 0 aliphatic heterocycles. The third kappa shape index (κ3) is 5.17. The molecule has 1 aromatic carbocycles. The number of carbonyl (C=O) groups excluding carboxylic acids is 1. The van der Waals surface area contributed by atoms with Crippen LogP contribution in [0.5, 0.6) is 5.88 Å². The van der Waals surface area contributed by atoms with Crippen LogP contribution in [0.25, 0.3) is 0 Å². The van der Waals surface area contributed by atoms with Crippen molar-refractivity contribution in [3.63, 3.8) is 0 Å². The fourth-order valence-electron chi connectivity index (χ4n) is 2.14. The first-order valence-electron chi connectivity index (χ1n) is 7.81. The molecule has 26 heavy (non-hydrogen) atoms. The SMILES string of the molecule is COc1ccc(NC(=O)[C@@H](NS(=O)(=O)c2ccc(Cl)cc2)C(C)C)cn1. The number of sulfonamides is 1. The Morgan fingerprint density at radius 2 is 1.81 bits per heavy atom. The molecule has 0 saturated heterocycles. The number of halogens is 1. The van der Waals surface area contributed by atoms with E-state index in [-0.39, 0.29) is 10.8 Å². The minimum atomic E-state index is -3.87. The lowest BCUT2D eigenvalue weighted by atomic mass is 10.1. The smallest absolute Gasteiger partial charge is 0.242 e. The summed E-state index contributed by atoms with van der Waals surface area (Å²) >= 11 is 5.79. The molecule has 0 spiro atoms. The topological polar surface area (TPSA) is 97.4 Å². The van der Waals surface area contributed by atoms with Crippen LogP contribution in [0.2, 0.25) is 5.02 Å². The van der Waals surface area contributed by atoms with Crippen LogP contribution in [-0.4, -0.2) is 32.5 Å². The van der Waals surface area contributed by atoms with Crippen LogP contribution in [0.15, 0.2) is 47.5 Å². The van der Waals surface area contributed by atoms with Crippen molar-refractivity contribution in [2.75, 3.05) is 12.4 Å². The van der Waals surface area contributed by atoms with Gasteiger partial charge in [-0.25, -0.2) is 13.4 Å². The Morgan fingerprint density at radius 3 is 2.31 bits per heavy atom. The lowest BCUT2D eigenvalue weighted by Crippen LogP contribution is -2.47. The quantitative estimate of drug-likeness (QED) is 0.748. The van der Waals surface area contributed by atoms with Crippen molar-refractivity contribution >= 4 is 33.2 Å². The summed E-state index contributed by atoms with van der Waals surface area (Å²) in [4.78, 5) is 16.6. The number of hydrogen-bond donors (Lipinski definition) is 2. The first-order chi connectivity index (χ1) is 12.2. The number of ether oxygens (including phenoxy) is 1. The molecule has 2 aromatic rings. The van der Waals surface area contributed by atoms with Crippen LogP contribution >= 0.6 is 11.6 Å². The van der Waals surface area contributed by atoms with Crippen LogP contribution in [0.4, 0.5) is 5.69 Å². The molecule has 0 aliphatic rings. The standard InChI is InChI=1S/C17H20ClN3O4S/c1-11(2)16(17(22)20-13-6-9-15(25-3)19-10-13)21-26(23,24)14-7-4-12(18)5-8-14/h4-11,16,21H,1-3H3,(H,20,22)/t16-/m0/s1. The second kappa shape index (κ2) is 8.48. The number of rotatable bonds is 7. The molecule has 140 valence electrons. The molecule has 7 nitrogen and oxygen atoms in total. The van der Waals surface area contributed by atoms with Gasteiger partial charge in [-0.05, 0) is 36.2 Å². The number of aromatic nitrogens is 1. The minimum absolute atomic E-state index is 0.0338. The van der Waals surface area contributed by atoms with E-state index in [1.165, 1.54) is 37.6 Å². The Balaban J connectivity index is 2.16. The molecule has 0 unspecified atom stereocenters. The fraction of sp³-hybridized carbons (Fsp3) is 0.294. The van der Waals surface area contributed by atoms with E-state index in [1.54, 1.807) is 26.0 Å². The molecule has 0 fully saturated rings. The van der Waals surface area contributed by atoms with E-state index < -0.39 is 22.0 Å². The summed E-state index contributed by atoms with van der Waals surface area (Å²) in [5.74, 6) is -0.348. The van der Waals surface area contributed by atoms with Gasteiger partial charge in [0.05, 0.1) is 23.9 Å². The number of nitrogens with one attached hydrogen (secondary N) is 2. The maximum atomic E-state index is 12.6. The maximum Gasteiger partial charge on any atom is 0.242 e. The molecule has 2 N–H and O–H groups in total. The second-order valence-electron chi connectivity index (χ2n) is 5.88. The highest BCUT2D eigenvalue weighted by molar-refractivity contribution is 7.89. The first kappa shape index (κ1) is 20.2. The summed E-state index contributed by atoms with van der Waals surface area (Å²) in [5, 5.41) is 3.08. The minimum Gasteiger partial charge on any atom is -0.481 e. The molecule has 1 atom stereocenters. The van der Waals surface area contributed by atoms with Gasteiger partial charge in [0.1, 0.15) is 6.04 Å². The number of pyridine rings is 1. The predicted octanol–water partition coefficient (Wildman–Crippen LogP) is 2.69. The zero-order chi connectivity index (χ0) is 19.3. The molecule has 0 bridgehead atoms. The summed E-state index contributed by atoms with van der Waals surface area (Å²) in [6, 6.07) is 7.97. The van der Waals surface area contributed by atoms with Crippen molar-refractivity contribution in [3.8, 4) is 5.88 Å². The van der Waals surface area contributed by atoms with Crippen LogP contribution in [-0.2, 0) is 14.8 Å². The van der Waals surface area contributed by atoms with E-state index in [2.05, 4.69) is 15.0 Å². The molecule has 1 heterocycles. The van der Waals surface area contributed by atoms with Gasteiger partial charge in [0.2, 0.25) is 21.8 Å². The summed E-state index contributed by atoms with van der Waals surface area (Å²) in [7, 11) is -2.39. The van der Waals surface area contributed by atoms with Gasteiger partial charge in [0, 0.05) is 11.1 Å². The Morgan fingerprint density at radius 1 is 1.15 bits per heavy atom. The summed E-state index contributed by atoms with van der Waals surface area (Å²) in [6.07, 6.45) is 1.43. The third-order valence-electron chi connectivity index (χ3n) is 3.57. The molecule has 0 saturated carbocycles. The Kier molecular flexibility index (Phi) is 6.57. The van der Waals surface area contributed by atoms with E-state index in [0.717, 1.165) is 0 Å². The summed E-state index contributed by atoms with van der Waals surface area (Å²) < 4.78 is 32.5. The third-order valence-corrected chi connectivity index (χ3v) is 5.28. The zero-order valence-electron chi connectivity index (χ0n) is 14.6. The van der Waals surface area contributed by atoms with Gasteiger partial charge in [-0.15, -0.1) is 0 Å². The molecular weight excluding hydrogens is 378 g/mol. The molecule has 2 rings (SSSR count). The van der Waals surface area contributed by atoms with Crippen molar-refractivity contribution in [2.45, 2.75) is 24.8 Å². The van der Waals surface area contributed by atoms with E-state index in [0.29, 0.717) is 16.6 Å². The van der Waals surface area contributed by atoms with E-state index in [9.17, 15) is 13.2 Å². The van der Waals surface area contributed by atoms with Crippen molar-refractivity contribution in [3.05, 3.63) is 47.6 Å². The van der Waals surface area contributed by atoms with E-state index in [4.69, 9.17) is 16.3 Å². The van der Waals surface area contributed by atoms with Gasteiger partial charge >= 0.3 is 0 Å². The highest BCUT2D eigenvalue weighted by atomic mass is 35.5. The summed E-state index contributed by atoms with van der Waals surface area (Å²) in [5.41, 5.74) is 0.437. The van der Waals surface area contributed by atoms with Gasteiger partial charge in [-0.1, -0.05) is 25.4 Å². The maximum absolute atomic E-state index is 12.6. The van der Waals surface area contributed by atoms with Gasteiger partial charge in [-0.3, -0.25) is 4.79 Å². The molecule has 0 aliphatic carbocycles. The van der Waals surface area contributed by atoms with Gasteiger partial charge in [-0.2, -0.15) is 4.72 Å². The highest BCUT2D eigenvalue weighted by Crippen LogP contribution is 2.17. The van der Waals surface area contributed by atoms with Gasteiger partial charge < -0.3 is 10.1 Å². The normalized spacial score (nSPS) is 12.7. The van der Waals surface area contributed by atoms with Crippen molar-refractivity contribution in [1.29, 1.82) is 0 Å². The largest absolute Gasteiger partial charge is 0.481 e. The monoisotopic (exact) mass is 397 g/mol. The number of amides is 1. The lowest BCUT2D eigenvalue weighted by molar-refractivity contribution is -0.118. The number of carbonyl (C=O) groups is 1. The molecular formula is C17H20ClN3O4S. The van der Waals surface area contributed by atoms with Crippen LogP contribution in [0.1, 0.15) is 13.8 Å². The van der Waals surface area contributed by atoms with Crippen molar-refractivity contribution in [2.24, 2.45) is 5.92 Å². The number of methoxy groups -OCH3 is 1. The molecule has 1 aromatic heterocycles. The number of nitrogens with zero attached hydrogens (tertiary/aromatic N) is 1. The lowest BCUT2D eigenvalue weighted by Gasteiger charge is -2.21. The number of benzene rings is 1. The number of hydrogen-bond acceptors (Lipinski definition) is 5. The Labute approximate surface area is 157 Å². The van der Waals surface area contributed by atoms with E-state index >= 15 is 0 Å². The van der Waals surface area contributed by atoms with Gasteiger partial charge in [0.25, 0.3) is 0 Å². The Hall–Kier alpha value is -2.16. The van der Waals surface area contributed by atoms with Crippen LogP contribution in [0, 0.1) is 5.92 Å². The molecule has 1 amide bonds. The average Bonchev–Trinajstić information content (AvgIpc) is 2.60. The predicted molar refractivity (Wildman–Crippen MR) is 99.8 cm³/mol. The van der Waals surface area contributed by atoms with E-state index in [1.807, 2.05) is 0 Å².